The molecule has 0 aromatic rings. The first-order chi connectivity index (χ1) is 9.39. The number of nitrogens with zero attached hydrogens (tertiary/aromatic N) is 2. The monoisotopic (exact) mass is 283 g/mol. The van der Waals surface area contributed by atoms with E-state index in [0.717, 1.165) is 25.6 Å². The van der Waals surface area contributed by atoms with Crippen molar-refractivity contribution in [1.82, 2.24) is 9.80 Å². The molecule has 0 heterocycles. The Kier molecular flexibility index (Phi) is 7.49. The molecule has 0 bridgehead atoms. The van der Waals surface area contributed by atoms with Gasteiger partial charge in [-0.25, -0.2) is 0 Å². The van der Waals surface area contributed by atoms with Crippen LogP contribution in [0.3, 0.4) is 0 Å². The van der Waals surface area contributed by atoms with Gasteiger partial charge in [0.05, 0.1) is 0 Å². The first-order valence-corrected chi connectivity index (χ1v) is 8.49. The van der Waals surface area contributed by atoms with Crippen LogP contribution in [0.4, 0.5) is 0 Å². The van der Waals surface area contributed by atoms with Gasteiger partial charge in [-0.2, -0.15) is 0 Å². The van der Waals surface area contributed by atoms with Crippen molar-refractivity contribution in [3.8, 4) is 0 Å². The quantitative estimate of drug-likeness (QED) is 0.729. The Labute approximate surface area is 126 Å². The van der Waals surface area contributed by atoms with Crippen LogP contribution in [0.15, 0.2) is 0 Å². The minimum Gasteiger partial charge on any atom is -0.329 e. The van der Waals surface area contributed by atoms with E-state index in [2.05, 4.69) is 44.7 Å². The van der Waals surface area contributed by atoms with E-state index >= 15 is 0 Å². The third-order valence-corrected chi connectivity index (χ3v) is 4.89. The van der Waals surface area contributed by atoms with E-state index in [4.69, 9.17) is 5.73 Å². The SMILES string of the molecule is CC(C)CN(CCN(C)C)C1(CN)CCCC(C)CC1. The average Bonchev–Trinajstić information content (AvgIpc) is 2.57. The highest BCUT2D eigenvalue weighted by atomic mass is 15.2. The predicted molar refractivity (Wildman–Crippen MR) is 89.0 cm³/mol. The van der Waals surface area contributed by atoms with Crippen molar-refractivity contribution < 1.29 is 0 Å². The van der Waals surface area contributed by atoms with Crippen molar-refractivity contribution in [3.05, 3.63) is 0 Å². The van der Waals surface area contributed by atoms with E-state index in [1.54, 1.807) is 0 Å². The third-order valence-electron chi connectivity index (χ3n) is 4.89. The maximum absolute atomic E-state index is 6.28. The molecule has 2 N–H and O–H groups in total. The van der Waals surface area contributed by atoms with Gasteiger partial charge in [0, 0.05) is 31.7 Å². The summed E-state index contributed by atoms with van der Waals surface area (Å²) in [5.74, 6) is 1.58. The molecule has 1 rings (SSSR count). The van der Waals surface area contributed by atoms with Gasteiger partial charge >= 0.3 is 0 Å². The lowest BCUT2D eigenvalue weighted by Gasteiger charge is -2.44. The summed E-state index contributed by atoms with van der Waals surface area (Å²) in [5.41, 5.74) is 6.54. The minimum atomic E-state index is 0.255. The average molecular weight is 284 g/mol. The largest absolute Gasteiger partial charge is 0.329 e. The molecule has 0 saturated heterocycles. The molecule has 2 unspecified atom stereocenters. The lowest BCUT2D eigenvalue weighted by molar-refractivity contribution is 0.0586. The molecular weight excluding hydrogens is 246 g/mol. The van der Waals surface area contributed by atoms with Crippen LogP contribution in [0.2, 0.25) is 0 Å². The van der Waals surface area contributed by atoms with Crippen LogP contribution in [0.1, 0.15) is 52.9 Å². The normalized spacial score (nSPS) is 28.4. The molecule has 0 aromatic carbocycles. The fourth-order valence-corrected chi connectivity index (χ4v) is 3.50. The molecule has 1 aliphatic carbocycles. The van der Waals surface area contributed by atoms with Crippen molar-refractivity contribution in [1.29, 1.82) is 0 Å². The smallest absolute Gasteiger partial charge is 0.0332 e. The van der Waals surface area contributed by atoms with Crippen LogP contribution in [-0.4, -0.2) is 55.6 Å². The third kappa shape index (κ3) is 5.34. The Morgan fingerprint density at radius 2 is 1.85 bits per heavy atom. The predicted octanol–water partition coefficient (Wildman–Crippen LogP) is 2.80. The van der Waals surface area contributed by atoms with Gasteiger partial charge in [-0.15, -0.1) is 0 Å². The van der Waals surface area contributed by atoms with Crippen molar-refractivity contribution in [2.45, 2.75) is 58.4 Å². The molecule has 120 valence electrons. The molecule has 3 nitrogen and oxygen atoms in total. The second kappa shape index (κ2) is 8.35. The Morgan fingerprint density at radius 1 is 1.15 bits per heavy atom. The van der Waals surface area contributed by atoms with E-state index < -0.39 is 0 Å². The number of rotatable bonds is 7. The minimum absolute atomic E-state index is 0.255. The van der Waals surface area contributed by atoms with Gasteiger partial charge in [0.1, 0.15) is 0 Å². The Balaban J connectivity index is 2.81. The summed E-state index contributed by atoms with van der Waals surface area (Å²) >= 11 is 0. The second-order valence-electron chi connectivity index (χ2n) is 7.61. The van der Waals surface area contributed by atoms with Crippen LogP contribution < -0.4 is 5.73 Å². The van der Waals surface area contributed by atoms with Crippen molar-refractivity contribution in [2.24, 2.45) is 17.6 Å². The van der Waals surface area contributed by atoms with E-state index in [-0.39, 0.29) is 5.54 Å². The fraction of sp³-hybridized carbons (Fsp3) is 1.00. The highest BCUT2D eigenvalue weighted by molar-refractivity contribution is 4.94. The zero-order chi connectivity index (χ0) is 15.2. The highest BCUT2D eigenvalue weighted by Gasteiger charge is 2.36. The lowest BCUT2D eigenvalue weighted by atomic mass is 9.87. The number of hydrogen-bond donors (Lipinski definition) is 1. The molecule has 2 atom stereocenters. The van der Waals surface area contributed by atoms with Crippen LogP contribution in [0.5, 0.6) is 0 Å². The van der Waals surface area contributed by atoms with E-state index in [9.17, 15) is 0 Å². The molecule has 1 aliphatic rings. The molecule has 0 amide bonds. The van der Waals surface area contributed by atoms with Gasteiger partial charge in [0.25, 0.3) is 0 Å². The van der Waals surface area contributed by atoms with Gasteiger partial charge in [0.15, 0.2) is 0 Å². The summed E-state index contributed by atoms with van der Waals surface area (Å²) < 4.78 is 0. The van der Waals surface area contributed by atoms with Gasteiger partial charge < -0.3 is 10.6 Å². The van der Waals surface area contributed by atoms with Crippen LogP contribution in [0, 0.1) is 11.8 Å². The van der Waals surface area contributed by atoms with E-state index in [0.29, 0.717) is 5.92 Å². The van der Waals surface area contributed by atoms with Crippen LogP contribution in [0.25, 0.3) is 0 Å². The number of likely N-dealkylation sites (N-methyl/N-ethyl adjacent to an activating group) is 1. The fourth-order valence-electron chi connectivity index (χ4n) is 3.50. The molecule has 0 radical (unpaired) electrons. The summed E-state index contributed by atoms with van der Waals surface area (Å²) in [6.07, 6.45) is 6.63. The van der Waals surface area contributed by atoms with Crippen molar-refractivity contribution in [2.75, 3.05) is 40.3 Å². The molecule has 0 aliphatic heterocycles. The van der Waals surface area contributed by atoms with Gasteiger partial charge in [-0.3, -0.25) is 4.90 Å². The summed E-state index contributed by atoms with van der Waals surface area (Å²) in [6, 6.07) is 0. The zero-order valence-corrected chi connectivity index (χ0v) is 14.5. The molecule has 0 spiro atoms. The lowest BCUT2D eigenvalue weighted by Crippen LogP contribution is -2.56. The molecule has 3 heteroatoms. The summed E-state index contributed by atoms with van der Waals surface area (Å²) in [4.78, 5) is 5.01. The Hall–Kier alpha value is -0.120. The summed E-state index contributed by atoms with van der Waals surface area (Å²) in [7, 11) is 4.33. The summed E-state index contributed by atoms with van der Waals surface area (Å²) in [5, 5.41) is 0. The molecule has 0 aromatic heterocycles. The summed E-state index contributed by atoms with van der Waals surface area (Å²) in [6.45, 7) is 11.3. The maximum Gasteiger partial charge on any atom is 0.0332 e. The number of nitrogens with two attached hydrogens (primary N) is 1. The van der Waals surface area contributed by atoms with Crippen molar-refractivity contribution in [3.63, 3.8) is 0 Å². The topological polar surface area (TPSA) is 32.5 Å². The molecule has 1 fully saturated rings. The second-order valence-corrected chi connectivity index (χ2v) is 7.61. The van der Waals surface area contributed by atoms with E-state index in [1.807, 2.05) is 0 Å². The van der Waals surface area contributed by atoms with E-state index in [1.165, 1.54) is 38.6 Å². The molecule has 20 heavy (non-hydrogen) atoms. The number of hydrogen-bond acceptors (Lipinski definition) is 3. The first kappa shape index (κ1) is 17.9. The standard InChI is InChI=1S/C17H37N3/c1-15(2)13-20(12-11-19(4)5)17(14-18)9-6-7-16(3)8-10-17/h15-16H,6-14,18H2,1-5H3. The zero-order valence-electron chi connectivity index (χ0n) is 14.5. The van der Waals surface area contributed by atoms with Gasteiger partial charge in [0.2, 0.25) is 0 Å². The maximum atomic E-state index is 6.28. The van der Waals surface area contributed by atoms with Gasteiger partial charge in [-0.1, -0.05) is 33.6 Å². The molecular formula is C17H37N3. The Bertz CT molecular complexity index is 265. The van der Waals surface area contributed by atoms with Gasteiger partial charge in [-0.05, 0) is 45.2 Å². The first-order valence-electron chi connectivity index (χ1n) is 8.49. The molecule has 1 saturated carbocycles. The Morgan fingerprint density at radius 3 is 2.40 bits per heavy atom. The van der Waals surface area contributed by atoms with Crippen LogP contribution >= 0.6 is 0 Å². The van der Waals surface area contributed by atoms with Crippen molar-refractivity contribution >= 4 is 0 Å². The highest BCUT2D eigenvalue weighted by Crippen LogP contribution is 2.34. The van der Waals surface area contributed by atoms with Crippen LogP contribution in [-0.2, 0) is 0 Å².